The highest BCUT2D eigenvalue weighted by Crippen LogP contribution is 2.28. The molecular weight excluding hydrogens is 293 g/mol. The summed E-state index contributed by atoms with van der Waals surface area (Å²) in [6, 6.07) is 7.24. The van der Waals surface area contributed by atoms with Gasteiger partial charge in [0, 0.05) is 4.90 Å². The molecule has 0 aliphatic rings. The lowest BCUT2D eigenvalue weighted by atomic mass is 10.0. The van der Waals surface area contributed by atoms with Gasteiger partial charge < -0.3 is 0 Å². The van der Waals surface area contributed by atoms with Crippen LogP contribution in [0.15, 0.2) is 29.2 Å². The molecule has 0 amide bonds. The fourth-order valence-corrected chi connectivity index (χ4v) is 1.77. The average molecular weight is 324 g/mol. The van der Waals surface area contributed by atoms with Crippen molar-refractivity contribution in [2.24, 2.45) is 0 Å². The van der Waals surface area contributed by atoms with Crippen LogP contribution in [0.1, 0.15) is 66.9 Å². The van der Waals surface area contributed by atoms with Gasteiger partial charge in [0.1, 0.15) is 0 Å². The summed E-state index contributed by atoms with van der Waals surface area (Å²) in [6.07, 6.45) is -4.10. The molecule has 0 aromatic heterocycles. The van der Waals surface area contributed by atoms with E-state index >= 15 is 0 Å². The van der Waals surface area contributed by atoms with Gasteiger partial charge in [-0.1, -0.05) is 67.5 Å². The summed E-state index contributed by atoms with van der Waals surface area (Å²) >= 11 is 0.823. The van der Waals surface area contributed by atoms with Crippen molar-refractivity contribution in [3.63, 3.8) is 0 Å². The van der Waals surface area contributed by atoms with E-state index in [2.05, 4.69) is 13.8 Å². The second kappa shape index (κ2) is 15.7. The van der Waals surface area contributed by atoms with Gasteiger partial charge >= 0.3 is 6.18 Å². The molecule has 0 bridgehead atoms. The number of rotatable bonds is 3. The summed E-state index contributed by atoms with van der Waals surface area (Å²) in [4.78, 5) is 0.664. The smallest absolute Gasteiger partial charge is 0.170 e. The predicted molar refractivity (Wildman–Crippen MR) is 91.4 cm³/mol. The first-order chi connectivity index (χ1) is 9.88. The highest BCUT2D eigenvalue weighted by atomic mass is 32.2. The van der Waals surface area contributed by atoms with Crippen molar-refractivity contribution in [3.05, 3.63) is 29.8 Å². The van der Waals surface area contributed by atoms with Crippen molar-refractivity contribution in [3.8, 4) is 0 Å². The Balaban J connectivity index is -0.000000478. The summed E-state index contributed by atoms with van der Waals surface area (Å²) in [6.45, 7) is 16.1. The third-order valence-electron chi connectivity index (χ3n) is 1.95. The predicted octanol–water partition coefficient (Wildman–Crippen LogP) is 7.54. The minimum atomic E-state index is -4.10. The number of hydrogen-bond acceptors (Lipinski definition) is 1. The molecule has 1 aromatic rings. The lowest BCUT2D eigenvalue weighted by Crippen LogP contribution is -2.10. The first kappa shape index (κ1) is 25.3. The van der Waals surface area contributed by atoms with Gasteiger partial charge in [0.25, 0.3) is 0 Å². The summed E-state index contributed by atoms with van der Waals surface area (Å²) in [7, 11) is 0. The van der Waals surface area contributed by atoms with Gasteiger partial charge in [-0.05, 0) is 23.6 Å². The van der Waals surface area contributed by atoms with Crippen LogP contribution in [0.25, 0.3) is 0 Å². The first-order valence-electron chi connectivity index (χ1n) is 7.68. The van der Waals surface area contributed by atoms with E-state index in [1.165, 1.54) is 0 Å². The molecule has 0 radical (unpaired) electrons. The van der Waals surface area contributed by atoms with Crippen LogP contribution < -0.4 is 0 Å². The zero-order valence-electron chi connectivity index (χ0n) is 14.6. The second-order valence-corrected chi connectivity index (χ2v) is 4.68. The van der Waals surface area contributed by atoms with Crippen LogP contribution in [0.3, 0.4) is 0 Å². The maximum absolute atomic E-state index is 11.9. The molecule has 0 fully saturated rings. The van der Waals surface area contributed by atoms with Crippen LogP contribution in [-0.2, 0) is 0 Å². The Morgan fingerprint density at radius 3 is 1.52 bits per heavy atom. The Hall–Kier alpha value is -0.640. The van der Waals surface area contributed by atoms with E-state index in [9.17, 15) is 13.2 Å². The molecule has 126 valence electrons. The van der Waals surface area contributed by atoms with Gasteiger partial charge in [-0.15, -0.1) is 11.8 Å². The standard InChI is InChI=1S/C11H13F3S.3C2H6/c1-8(2)9-3-5-10(6-4-9)15-7-11(12,13)14;3*1-2/h3-6,8H,7H2,1-2H3;3*1-2H3. The second-order valence-electron chi connectivity index (χ2n) is 3.63. The van der Waals surface area contributed by atoms with Crippen molar-refractivity contribution < 1.29 is 13.2 Å². The van der Waals surface area contributed by atoms with Gasteiger partial charge in [0.2, 0.25) is 0 Å². The van der Waals surface area contributed by atoms with E-state index in [-0.39, 0.29) is 0 Å². The van der Waals surface area contributed by atoms with E-state index in [4.69, 9.17) is 0 Å². The molecule has 1 rings (SSSR count). The number of hydrogen-bond donors (Lipinski definition) is 0. The Kier molecular flexibility index (Phi) is 19.0. The summed E-state index contributed by atoms with van der Waals surface area (Å²) in [5.74, 6) is -0.416. The van der Waals surface area contributed by atoms with E-state index in [0.717, 1.165) is 17.3 Å². The van der Waals surface area contributed by atoms with E-state index in [1.54, 1.807) is 12.1 Å². The normalized spacial score (nSPS) is 9.52. The van der Waals surface area contributed by atoms with Gasteiger partial charge in [-0.3, -0.25) is 0 Å². The van der Waals surface area contributed by atoms with Gasteiger partial charge in [0.15, 0.2) is 0 Å². The van der Waals surface area contributed by atoms with Gasteiger partial charge in [0.05, 0.1) is 5.75 Å². The molecule has 1 aromatic carbocycles. The third-order valence-corrected chi connectivity index (χ3v) is 3.03. The van der Waals surface area contributed by atoms with Crippen LogP contribution in [0.5, 0.6) is 0 Å². The van der Waals surface area contributed by atoms with Crippen LogP contribution in [0.4, 0.5) is 13.2 Å². The SMILES string of the molecule is CC.CC.CC.CC(C)c1ccc(SCC(F)(F)F)cc1. The Bertz CT molecular complexity index is 303. The number of alkyl halides is 3. The van der Waals surface area contributed by atoms with E-state index in [1.807, 2.05) is 53.7 Å². The first-order valence-corrected chi connectivity index (χ1v) is 8.66. The van der Waals surface area contributed by atoms with Crippen molar-refractivity contribution in [1.29, 1.82) is 0 Å². The molecule has 21 heavy (non-hydrogen) atoms. The lowest BCUT2D eigenvalue weighted by Gasteiger charge is -2.08. The molecule has 0 nitrogen and oxygen atoms in total. The third kappa shape index (κ3) is 15.6. The van der Waals surface area contributed by atoms with Crippen molar-refractivity contribution in [1.82, 2.24) is 0 Å². The number of benzene rings is 1. The highest BCUT2D eigenvalue weighted by molar-refractivity contribution is 7.99. The molecule has 0 saturated carbocycles. The highest BCUT2D eigenvalue weighted by Gasteiger charge is 2.27. The Morgan fingerprint density at radius 1 is 0.857 bits per heavy atom. The number of halogens is 3. The largest absolute Gasteiger partial charge is 0.398 e. The monoisotopic (exact) mass is 324 g/mol. The van der Waals surface area contributed by atoms with E-state index in [0.29, 0.717) is 10.8 Å². The summed E-state index contributed by atoms with van der Waals surface area (Å²) < 4.78 is 35.8. The fraction of sp³-hybridized carbons (Fsp3) is 0.647. The maximum atomic E-state index is 11.9. The molecule has 0 N–H and O–H groups in total. The molecule has 0 atom stereocenters. The summed E-state index contributed by atoms with van der Waals surface area (Å²) in [5.41, 5.74) is 1.14. The van der Waals surface area contributed by atoms with Crippen LogP contribution >= 0.6 is 11.8 Å². The van der Waals surface area contributed by atoms with Crippen molar-refractivity contribution >= 4 is 11.8 Å². The van der Waals surface area contributed by atoms with Crippen LogP contribution in [0, 0.1) is 0 Å². The van der Waals surface area contributed by atoms with Gasteiger partial charge in [-0.2, -0.15) is 13.2 Å². The van der Waals surface area contributed by atoms with E-state index < -0.39 is 11.9 Å². The minimum Gasteiger partial charge on any atom is -0.170 e. The average Bonchev–Trinajstić information content (AvgIpc) is 2.51. The Labute approximate surface area is 133 Å². The van der Waals surface area contributed by atoms with Crippen molar-refractivity contribution in [2.45, 2.75) is 72.4 Å². The lowest BCUT2D eigenvalue weighted by molar-refractivity contribution is -0.105. The molecule has 0 unspecified atom stereocenters. The molecule has 0 spiro atoms. The van der Waals surface area contributed by atoms with Crippen LogP contribution in [0.2, 0.25) is 0 Å². The molecule has 0 aliphatic heterocycles. The maximum Gasteiger partial charge on any atom is 0.398 e. The zero-order valence-corrected chi connectivity index (χ0v) is 15.5. The summed E-state index contributed by atoms with van der Waals surface area (Å²) in [5, 5.41) is 0. The zero-order chi connectivity index (χ0) is 17.5. The molecule has 0 aliphatic carbocycles. The topological polar surface area (TPSA) is 0 Å². The van der Waals surface area contributed by atoms with Gasteiger partial charge in [-0.25, -0.2) is 0 Å². The quantitative estimate of drug-likeness (QED) is 0.517. The minimum absolute atomic E-state index is 0.409. The fourth-order valence-electron chi connectivity index (χ4n) is 1.11. The molecular formula is C17H31F3S. The number of thioether (sulfide) groups is 1. The Morgan fingerprint density at radius 2 is 1.24 bits per heavy atom. The molecule has 4 heteroatoms. The van der Waals surface area contributed by atoms with Crippen LogP contribution in [-0.4, -0.2) is 11.9 Å². The molecule has 0 heterocycles. The molecule has 0 saturated heterocycles. The van der Waals surface area contributed by atoms with Crippen molar-refractivity contribution in [2.75, 3.05) is 5.75 Å².